The van der Waals surface area contributed by atoms with Crippen molar-refractivity contribution in [3.63, 3.8) is 0 Å². The summed E-state index contributed by atoms with van der Waals surface area (Å²) in [6.07, 6.45) is 4.31. The molecule has 1 N–H and O–H groups in total. The smallest absolute Gasteiger partial charge is 0.260 e. The number of sulfonamides is 1. The van der Waals surface area contributed by atoms with Crippen molar-refractivity contribution in [2.75, 3.05) is 0 Å². The van der Waals surface area contributed by atoms with Crippen LogP contribution >= 0.6 is 0 Å². The first-order valence-electron chi connectivity index (χ1n) is 7.20. The molecule has 1 aliphatic rings. The minimum Gasteiger partial charge on any atom is -0.266 e. The van der Waals surface area contributed by atoms with Crippen LogP contribution in [0.5, 0.6) is 0 Å². The standard InChI is InChI=1S/C15H19N3O2S/c1-2-12-3-5-13(6-4-12)11-18(14-7-8-14)21(19,20)15-9-10-16-17-15/h3-6,9-10,14H,2,7-8,11H2,1H3,(H,16,17). The summed E-state index contributed by atoms with van der Waals surface area (Å²) in [4.78, 5) is 0. The highest BCUT2D eigenvalue weighted by molar-refractivity contribution is 7.89. The lowest BCUT2D eigenvalue weighted by molar-refractivity contribution is 0.396. The van der Waals surface area contributed by atoms with Crippen LogP contribution in [0.25, 0.3) is 0 Å². The van der Waals surface area contributed by atoms with Crippen molar-refractivity contribution in [3.8, 4) is 0 Å². The van der Waals surface area contributed by atoms with Crippen molar-refractivity contribution in [3.05, 3.63) is 47.7 Å². The maximum absolute atomic E-state index is 12.7. The fraction of sp³-hybridized carbons (Fsp3) is 0.400. The molecule has 0 atom stereocenters. The predicted molar refractivity (Wildman–Crippen MR) is 80.2 cm³/mol. The van der Waals surface area contributed by atoms with Crippen LogP contribution in [-0.4, -0.2) is 29.0 Å². The number of hydrogen-bond donors (Lipinski definition) is 1. The molecule has 0 unspecified atom stereocenters. The average Bonchev–Trinajstić information content (AvgIpc) is 3.16. The zero-order chi connectivity index (χ0) is 14.9. The summed E-state index contributed by atoms with van der Waals surface area (Å²) in [6, 6.07) is 9.76. The predicted octanol–water partition coefficient (Wildman–Crippen LogP) is 2.33. The second-order valence-corrected chi connectivity index (χ2v) is 7.23. The van der Waals surface area contributed by atoms with Crippen molar-refractivity contribution in [1.29, 1.82) is 0 Å². The average molecular weight is 305 g/mol. The van der Waals surface area contributed by atoms with E-state index in [0.717, 1.165) is 24.8 Å². The molecule has 6 heteroatoms. The summed E-state index contributed by atoms with van der Waals surface area (Å²) >= 11 is 0. The molecule has 1 aromatic carbocycles. The molecule has 0 saturated heterocycles. The fourth-order valence-electron chi connectivity index (χ4n) is 2.35. The molecule has 1 aromatic heterocycles. The van der Waals surface area contributed by atoms with Crippen LogP contribution in [-0.2, 0) is 23.0 Å². The number of H-pyrrole nitrogens is 1. The molecule has 0 radical (unpaired) electrons. The first kappa shape index (κ1) is 14.3. The Kier molecular flexibility index (Phi) is 3.82. The molecule has 0 amide bonds. The molecule has 3 rings (SSSR count). The van der Waals surface area contributed by atoms with Gasteiger partial charge >= 0.3 is 0 Å². The normalized spacial score (nSPS) is 15.5. The van der Waals surface area contributed by atoms with Gasteiger partial charge in [-0.15, -0.1) is 0 Å². The summed E-state index contributed by atoms with van der Waals surface area (Å²) in [6.45, 7) is 2.52. The van der Waals surface area contributed by atoms with Crippen molar-refractivity contribution in [2.45, 2.75) is 43.8 Å². The van der Waals surface area contributed by atoms with Crippen molar-refractivity contribution >= 4 is 10.0 Å². The molecule has 0 spiro atoms. The van der Waals surface area contributed by atoms with Crippen molar-refractivity contribution in [1.82, 2.24) is 14.5 Å². The van der Waals surface area contributed by atoms with E-state index in [1.165, 1.54) is 17.8 Å². The largest absolute Gasteiger partial charge is 0.266 e. The van der Waals surface area contributed by atoms with Gasteiger partial charge in [-0.25, -0.2) is 8.42 Å². The number of hydrogen-bond acceptors (Lipinski definition) is 3. The van der Waals surface area contributed by atoms with Crippen LogP contribution in [0.4, 0.5) is 0 Å². The Balaban J connectivity index is 1.85. The molecule has 21 heavy (non-hydrogen) atoms. The van der Waals surface area contributed by atoms with E-state index < -0.39 is 10.0 Å². The molecule has 112 valence electrons. The molecule has 0 aliphatic heterocycles. The van der Waals surface area contributed by atoms with Crippen LogP contribution in [0.15, 0.2) is 41.6 Å². The van der Waals surface area contributed by atoms with Gasteiger partial charge in [-0.05, 0) is 36.5 Å². The van der Waals surface area contributed by atoms with Gasteiger partial charge in [0.15, 0.2) is 5.03 Å². The number of nitrogens with one attached hydrogen (secondary N) is 1. The van der Waals surface area contributed by atoms with Gasteiger partial charge in [0.25, 0.3) is 10.0 Å². The maximum atomic E-state index is 12.7. The van der Waals surface area contributed by atoms with Crippen LogP contribution in [0.3, 0.4) is 0 Å². The molecular weight excluding hydrogens is 286 g/mol. The number of aromatic amines is 1. The lowest BCUT2D eigenvalue weighted by Gasteiger charge is -2.21. The maximum Gasteiger partial charge on any atom is 0.260 e. The van der Waals surface area contributed by atoms with Crippen LogP contribution in [0, 0.1) is 0 Å². The molecule has 1 aliphatic carbocycles. The van der Waals surface area contributed by atoms with Gasteiger partial charge in [-0.1, -0.05) is 31.2 Å². The number of rotatable bonds is 6. The highest BCUT2D eigenvalue weighted by Crippen LogP contribution is 2.33. The second-order valence-electron chi connectivity index (χ2n) is 5.37. The molecule has 1 fully saturated rings. The molecule has 0 bridgehead atoms. The number of nitrogens with zero attached hydrogens (tertiary/aromatic N) is 2. The SMILES string of the molecule is CCc1ccc(CN(C2CC2)S(=O)(=O)c2ccn[nH]2)cc1. The van der Waals surface area contributed by atoms with Gasteiger partial charge in [-0.2, -0.15) is 9.40 Å². The summed E-state index contributed by atoms with van der Waals surface area (Å²) in [5.74, 6) is 0. The first-order chi connectivity index (χ1) is 10.1. The topological polar surface area (TPSA) is 66.1 Å². The molecule has 1 saturated carbocycles. The molecule has 5 nitrogen and oxygen atoms in total. The van der Waals surface area contributed by atoms with Gasteiger partial charge < -0.3 is 0 Å². The zero-order valence-electron chi connectivity index (χ0n) is 12.0. The summed E-state index contributed by atoms with van der Waals surface area (Å²) in [7, 11) is -3.49. The number of aromatic nitrogens is 2. The van der Waals surface area contributed by atoms with Crippen molar-refractivity contribution in [2.24, 2.45) is 0 Å². The minimum atomic E-state index is -3.49. The third-order valence-corrected chi connectivity index (χ3v) is 5.61. The summed E-state index contributed by atoms with van der Waals surface area (Å²) < 4.78 is 26.9. The van der Waals surface area contributed by atoms with Gasteiger partial charge in [0.2, 0.25) is 0 Å². The third kappa shape index (κ3) is 3.01. The zero-order valence-corrected chi connectivity index (χ0v) is 12.8. The molecule has 1 heterocycles. The van der Waals surface area contributed by atoms with Crippen molar-refractivity contribution < 1.29 is 8.42 Å². The van der Waals surface area contributed by atoms with E-state index in [-0.39, 0.29) is 11.1 Å². The highest BCUT2D eigenvalue weighted by atomic mass is 32.2. The molecular formula is C15H19N3O2S. The van der Waals surface area contributed by atoms with E-state index >= 15 is 0 Å². The molecule has 2 aromatic rings. The van der Waals surface area contributed by atoms with Crippen LogP contribution in [0.1, 0.15) is 30.9 Å². The third-order valence-electron chi connectivity index (χ3n) is 3.79. The van der Waals surface area contributed by atoms with Gasteiger partial charge in [0, 0.05) is 12.6 Å². The lowest BCUT2D eigenvalue weighted by atomic mass is 10.1. The van der Waals surface area contributed by atoms with E-state index in [0.29, 0.717) is 6.54 Å². The summed E-state index contributed by atoms with van der Waals surface area (Å²) in [5.41, 5.74) is 2.27. The Hall–Kier alpha value is -1.66. The quantitative estimate of drug-likeness (QED) is 0.890. The Labute approximate surface area is 125 Å². The van der Waals surface area contributed by atoms with Crippen LogP contribution in [0.2, 0.25) is 0 Å². The second kappa shape index (κ2) is 5.61. The Morgan fingerprint density at radius 1 is 1.19 bits per heavy atom. The minimum absolute atomic E-state index is 0.115. The lowest BCUT2D eigenvalue weighted by Crippen LogP contribution is -2.32. The Morgan fingerprint density at radius 2 is 1.86 bits per heavy atom. The van der Waals surface area contributed by atoms with Gasteiger partial charge in [0.05, 0.1) is 6.20 Å². The van der Waals surface area contributed by atoms with Gasteiger partial charge in [-0.3, -0.25) is 5.10 Å². The fourth-order valence-corrected chi connectivity index (χ4v) is 3.92. The van der Waals surface area contributed by atoms with E-state index in [1.54, 1.807) is 4.31 Å². The van der Waals surface area contributed by atoms with Gasteiger partial charge in [0.1, 0.15) is 0 Å². The number of benzene rings is 1. The van der Waals surface area contributed by atoms with E-state index in [2.05, 4.69) is 29.3 Å². The summed E-state index contributed by atoms with van der Waals surface area (Å²) in [5, 5.41) is 6.48. The van der Waals surface area contributed by atoms with E-state index in [1.807, 2.05) is 12.1 Å². The highest BCUT2D eigenvalue weighted by Gasteiger charge is 2.38. The Morgan fingerprint density at radius 3 is 2.38 bits per heavy atom. The monoisotopic (exact) mass is 305 g/mol. The first-order valence-corrected chi connectivity index (χ1v) is 8.64. The van der Waals surface area contributed by atoms with E-state index in [4.69, 9.17) is 0 Å². The van der Waals surface area contributed by atoms with Crippen LogP contribution < -0.4 is 0 Å². The van der Waals surface area contributed by atoms with E-state index in [9.17, 15) is 8.42 Å². The Bertz CT molecular complexity index is 689. The number of aryl methyl sites for hydroxylation is 1.